The monoisotopic (exact) mass is 336 g/mol. The molecule has 33 N–H and O–H groups in total. The van der Waals surface area contributed by atoms with Gasteiger partial charge in [0.15, 0.2) is 0 Å². The Morgan fingerprint density at radius 1 is 0.562 bits per heavy atom. The van der Waals surface area contributed by atoms with Crippen LogP contribution in [0.25, 0.3) is 0 Å². The summed E-state index contributed by atoms with van der Waals surface area (Å²) in [6.45, 7) is 4.04. The van der Waals surface area contributed by atoms with Gasteiger partial charge in [-0.05, 0) is 0 Å². The SMILES string of the molecule is CC(C)[O][Zr].N.N.N.N.N.N.N.N.N.N.N. The van der Waals surface area contributed by atoms with E-state index in [4.69, 9.17) is 2.81 Å². The summed E-state index contributed by atoms with van der Waals surface area (Å²) in [6, 6.07) is 0. The second-order valence-electron chi connectivity index (χ2n) is 1.17. The van der Waals surface area contributed by atoms with Crippen LogP contribution in [0.1, 0.15) is 13.8 Å². The van der Waals surface area contributed by atoms with E-state index in [1.807, 2.05) is 13.8 Å². The van der Waals surface area contributed by atoms with Gasteiger partial charge in [0, 0.05) is 0 Å². The summed E-state index contributed by atoms with van der Waals surface area (Å²) in [5.41, 5.74) is 0. The van der Waals surface area contributed by atoms with Gasteiger partial charge in [-0.2, -0.15) is 0 Å². The van der Waals surface area contributed by atoms with Gasteiger partial charge in [-0.1, -0.05) is 0 Å². The molecule has 0 aromatic rings. The van der Waals surface area contributed by atoms with Gasteiger partial charge in [-0.15, -0.1) is 0 Å². The van der Waals surface area contributed by atoms with Gasteiger partial charge in [0.05, 0.1) is 0 Å². The first-order valence-corrected chi connectivity index (χ1v) is 2.60. The summed E-state index contributed by atoms with van der Waals surface area (Å²) in [6.07, 6.45) is 0.424. The van der Waals surface area contributed by atoms with Gasteiger partial charge in [-0.3, -0.25) is 0 Å². The third-order valence-corrected chi connectivity index (χ3v) is 1.39. The Balaban J connectivity index is -0.00000000145. The van der Waals surface area contributed by atoms with E-state index < -0.39 is 0 Å². The quantitative estimate of drug-likeness (QED) is 0.328. The summed E-state index contributed by atoms with van der Waals surface area (Å²) in [7, 11) is 0. The molecule has 0 amide bonds. The van der Waals surface area contributed by atoms with Crippen LogP contribution in [-0.4, -0.2) is 6.10 Å². The third-order valence-electron chi connectivity index (χ3n) is 0.236. The molecule has 0 spiro atoms. The molecule has 0 aliphatic heterocycles. The predicted molar refractivity (Wildman–Crippen MR) is 71.5 cm³/mol. The molecule has 0 rings (SSSR count). The Labute approximate surface area is 116 Å². The fraction of sp³-hybridized carbons (Fsp3) is 1.00. The van der Waals surface area contributed by atoms with Crippen LogP contribution in [0.3, 0.4) is 0 Å². The topological polar surface area (TPSA) is 394 Å². The molecule has 117 valence electrons. The Morgan fingerprint density at radius 3 is 0.625 bits per heavy atom. The second-order valence-corrected chi connectivity index (χ2v) is 1.75. The normalized spacial score (nSPS) is 2.88. The summed E-state index contributed by atoms with van der Waals surface area (Å²) in [4.78, 5) is 0. The Bertz CT molecular complexity index is 35.2. The van der Waals surface area contributed by atoms with Crippen molar-refractivity contribution in [2.75, 3.05) is 0 Å². The van der Waals surface area contributed by atoms with E-state index in [-0.39, 0.29) is 67.7 Å². The van der Waals surface area contributed by atoms with Gasteiger partial charge in [0.1, 0.15) is 0 Å². The van der Waals surface area contributed by atoms with E-state index >= 15 is 0 Å². The summed E-state index contributed by atoms with van der Waals surface area (Å²) in [5.74, 6) is 0. The molecule has 0 fully saturated rings. The summed E-state index contributed by atoms with van der Waals surface area (Å²) < 4.78 is 4.84. The summed E-state index contributed by atoms with van der Waals surface area (Å²) in [5, 5.41) is 0. The van der Waals surface area contributed by atoms with E-state index in [0.717, 1.165) is 25.2 Å². The Hall–Kier alpha value is 0.403. The van der Waals surface area contributed by atoms with E-state index in [9.17, 15) is 0 Å². The molecule has 12 nitrogen and oxygen atoms in total. The van der Waals surface area contributed by atoms with Crippen molar-refractivity contribution in [2.45, 2.75) is 20.0 Å². The Morgan fingerprint density at radius 2 is 0.625 bits per heavy atom. The van der Waals surface area contributed by atoms with Crippen LogP contribution in [0.4, 0.5) is 0 Å². The molecule has 0 radical (unpaired) electrons. The molecule has 0 aromatic heterocycles. The Kier molecular flexibility index (Phi) is 2070. The van der Waals surface area contributed by atoms with Gasteiger partial charge in [-0.25, -0.2) is 0 Å². The maximum atomic E-state index is 4.84. The standard InChI is InChI=1S/C3H7O.11H3N.Zr/c1-3(2)4;;;;;;;;;;;;/h3H,1-2H3;11*1H3;/q-1;;;;;;;;;;;;+1. The minimum absolute atomic E-state index is 0. The van der Waals surface area contributed by atoms with Crippen molar-refractivity contribution in [3.63, 3.8) is 0 Å². The molecular formula is C3H40N11OZr. The van der Waals surface area contributed by atoms with E-state index in [1.54, 1.807) is 0 Å². The predicted octanol–water partition coefficient (Wildman–Crippen LogP) is 2.66. The molecule has 0 saturated heterocycles. The number of rotatable bonds is 1. The van der Waals surface area contributed by atoms with Gasteiger partial charge in [0.25, 0.3) is 0 Å². The fourth-order valence-corrected chi connectivity index (χ4v) is 0. The minimum atomic E-state index is 0. The van der Waals surface area contributed by atoms with Gasteiger partial charge in [0.2, 0.25) is 0 Å². The third kappa shape index (κ3) is 448. The maximum Gasteiger partial charge on any atom is -0.344 e. The molecule has 0 aliphatic carbocycles. The van der Waals surface area contributed by atoms with E-state index in [0.29, 0.717) is 6.10 Å². The number of hydrogen-bond acceptors (Lipinski definition) is 12. The maximum absolute atomic E-state index is 4.84. The average molecular weight is 338 g/mol. The van der Waals surface area contributed by atoms with Crippen molar-refractivity contribution in [3.8, 4) is 0 Å². The van der Waals surface area contributed by atoms with Crippen LogP contribution in [0.15, 0.2) is 0 Å². The van der Waals surface area contributed by atoms with Crippen LogP contribution in [0.2, 0.25) is 0 Å². The van der Waals surface area contributed by atoms with Crippen LogP contribution < -0.4 is 67.7 Å². The zero-order chi connectivity index (χ0) is 4.28. The second kappa shape index (κ2) is 165. The molecule has 0 unspecified atom stereocenters. The van der Waals surface area contributed by atoms with Crippen LogP contribution in [0.5, 0.6) is 0 Å². The molecule has 0 atom stereocenters. The van der Waals surface area contributed by atoms with Crippen molar-refractivity contribution in [2.24, 2.45) is 0 Å². The van der Waals surface area contributed by atoms with Crippen molar-refractivity contribution >= 4 is 0 Å². The molecule has 13 heteroatoms. The molecule has 0 bridgehead atoms. The van der Waals surface area contributed by atoms with Crippen molar-refractivity contribution in [1.29, 1.82) is 0 Å². The van der Waals surface area contributed by atoms with E-state index in [2.05, 4.69) is 0 Å². The largest absolute Gasteiger partial charge is 0.344 e. The number of hydrogen-bond donors (Lipinski definition) is 11. The molecule has 16 heavy (non-hydrogen) atoms. The van der Waals surface area contributed by atoms with Crippen LogP contribution in [-0.2, 0) is 28.0 Å². The first kappa shape index (κ1) is 201. The van der Waals surface area contributed by atoms with E-state index in [1.165, 1.54) is 0 Å². The van der Waals surface area contributed by atoms with Gasteiger partial charge < -0.3 is 67.7 Å². The first-order valence-electron chi connectivity index (χ1n) is 1.59. The van der Waals surface area contributed by atoms with Crippen molar-refractivity contribution in [1.82, 2.24) is 67.7 Å². The molecule has 0 aromatic carbocycles. The molecule has 0 heterocycles. The molecule has 0 aliphatic rings. The zero-order valence-corrected chi connectivity index (χ0v) is 13.7. The minimum Gasteiger partial charge on any atom is -0.344 e. The van der Waals surface area contributed by atoms with Gasteiger partial charge >= 0.3 is 47.9 Å². The van der Waals surface area contributed by atoms with Crippen LogP contribution in [0, 0.1) is 0 Å². The summed E-state index contributed by atoms with van der Waals surface area (Å²) >= 11 is 1.16. The first-order chi connectivity index (χ1) is 2.27. The average Bonchev–Trinajstić information content (AvgIpc) is 1.38. The molecular weight excluding hydrogens is 297 g/mol. The smallest absolute Gasteiger partial charge is 0.344 e. The zero-order valence-electron chi connectivity index (χ0n) is 11.3. The van der Waals surface area contributed by atoms with Crippen molar-refractivity contribution < 1.29 is 28.0 Å². The fourth-order valence-electron chi connectivity index (χ4n) is 0. The molecule has 0 saturated carbocycles. The van der Waals surface area contributed by atoms with Crippen LogP contribution >= 0.6 is 0 Å². The van der Waals surface area contributed by atoms with Crippen molar-refractivity contribution in [3.05, 3.63) is 0 Å².